The number of methoxy groups -OCH3 is 3. The Bertz CT molecular complexity index is 1190. The minimum atomic E-state index is 0.152. The fourth-order valence-corrected chi connectivity index (χ4v) is 4.32. The molecule has 2 N–H and O–H groups in total. The summed E-state index contributed by atoms with van der Waals surface area (Å²) in [6.45, 7) is 3.88. The summed E-state index contributed by atoms with van der Waals surface area (Å²) in [5.41, 5.74) is 9.37. The lowest BCUT2D eigenvalue weighted by Crippen LogP contribution is -2.25. The predicted octanol–water partition coefficient (Wildman–Crippen LogP) is 4.37. The quantitative estimate of drug-likeness (QED) is 0.488. The highest BCUT2D eigenvalue weighted by Gasteiger charge is 2.18. The Balaban J connectivity index is 1.64. The number of nitriles is 1. The van der Waals surface area contributed by atoms with E-state index in [1.807, 2.05) is 30.3 Å². The summed E-state index contributed by atoms with van der Waals surface area (Å²) < 4.78 is 22.3. The van der Waals surface area contributed by atoms with Gasteiger partial charge < -0.3 is 24.7 Å². The van der Waals surface area contributed by atoms with Gasteiger partial charge in [0.15, 0.2) is 11.5 Å². The van der Waals surface area contributed by atoms with Gasteiger partial charge in [0, 0.05) is 17.7 Å². The number of pyridine rings is 1. The fourth-order valence-electron chi connectivity index (χ4n) is 4.32. The van der Waals surface area contributed by atoms with E-state index in [0.717, 1.165) is 36.5 Å². The number of nitrogens with two attached hydrogens (primary N) is 1. The Labute approximate surface area is 205 Å². The smallest absolute Gasteiger partial charge is 0.203 e. The van der Waals surface area contributed by atoms with Crippen LogP contribution in [0.3, 0.4) is 0 Å². The van der Waals surface area contributed by atoms with E-state index in [9.17, 15) is 5.26 Å². The zero-order valence-corrected chi connectivity index (χ0v) is 20.3. The molecule has 0 bridgehead atoms. The first-order valence-corrected chi connectivity index (χ1v) is 11.5. The molecular formula is C27H30N4O4. The van der Waals surface area contributed by atoms with E-state index < -0.39 is 0 Å². The first kappa shape index (κ1) is 24.2. The van der Waals surface area contributed by atoms with Crippen molar-refractivity contribution in [1.82, 2.24) is 9.88 Å². The molecule has 1 aliphatic rings. The van der Waals surface area contributed by atoms with Crippen LogP contribution in [0.5, 0.6) is 23.0 Å². The normalized spacial score (nSPS) is 13.3. The first-order chi connectivity index (χ1) is 17.1. The van der Waals surface area contributed by atoms with Gasteiger partial charge in [-0.2, -0.15) is 5.26 Å². The van der Waals surface area contributed by atoms with Crippen LogP contribution in [-0.4, -0.2) is 57.5 Å². The van der Waals surface area contributed by atoms with E-state index in [-0.39, 0.29) is 5.82 Å². The molecule has 1 aliphatic heterocycles. The van der Waals surface area contributed by atoms with Gasteiger partial charge in [-0.3, -0.25) is 4.90 Å². The zero-order valence-electron chi connectivity index (χ0n) is 20.3. The number of ether oxygens (including phenoxy) is 4. The Morgan fingerprint density at radius 2 is 1.60 bits per heavy atom. The molecule has 1 aromatic heterocycles. The molecule has 3 aromatic rings. The highest BCUT2D eigenvalue weighted by molar-refractivity contribution is 5.81. The molecule has 35 heavy (non-hydrogen) atoms. The standard InChI is InChI=1S/C27H30N4O4/c1-32-24-14-19(15-25(33-2)26(24)34-3)23-16-21(22(17-28)27(29)30-23)18-6-8-20(9-7-18)35-13-12-31-10-4-5-11-31/h6-9,14-16H,4-5,10-13H2,1-3H3,(H2,29,30). The number of anilines is 1. The molecule has 2 aromatic carbocycles. The SMILES string of the molecule is COc1cc(-c2cc(-c3ccc(OCCN4CCCC4)cc3)c(C#N)c(N)n2)cc(OC)c1OC. The predicted molar refractivity (Wildman–Crippen MR) is 135 cm³/mol. The molecular weight excluding hydrogens is 444 g/mol. The number of nitrogen functional groups attached to an aromatic ring is 1. The van der Waals surface area contributed by atoms with E-state index in [2.05, 4.69) is 16.0 Å². The number of likely N-dealkylation sites (tertiary alicyclic amines) is 1. The monoisotopic (exact) mass is 474 g/mol. The molecule has 0 saturated carbocycles. The molecule has 1 saturated heterocycles. The second kappa shape index (κ2) is 11.0. The zero-order chi connectivity index (χ0) is 24.8. The van der Waals surface area contributed by atoms with Gasteiger partial charge >= 0.3 is 0 Å². The van der Waals surface area contributed by atoms with Gasteiger partial charge in [0.2, 0.25) is 5.75 Å². The van der Waals surface area contributed by atoms with Gasteiger partial charge in [0.05, 0.1) is 27.0 Å². The molecule has 8 nitrogen and oxygen atoms in total. The molecule has 2 heterocycles. The average molecular weight is 475 g/mol. The molecule has 0 atom stereocenters. The second-order valence-corrected chi connectivity index (χ2v) is 8.26. The van der Waals surface area contributed by atoms with Gasteiger partial charge in [0.25, 0.3) is 0 Å². The van der Waals surface area contributed by atoms with Crippen LogP contribution >= 0.6 is 0 Å². The van der Waals surface area contributed by atoms with Crippen molar-refractivity contribution in [2.45, 2.75) is 12.8 Å². The lowest BCUT2D eigenvalue weighted by Gasteiger charge is -2.16. The Hall–Kier alpha value is -3.96. The number of rotatable bonds is 9. The fraction of sp³-hybridized carbons (Fsp3) is 0.333. The lowest BCUT2D eigenvalue weighted by molar-refractivity contribution is 0.238. The maximum absolute atomic E-state index is 9.77. The lowest BCUT2D eigenvalue weighted by atomic mass is 9.98. The number of hydrogen-bond acceptors (Lipinski definition) is 8. The van der Waals surface area contributed by atoms with Crippen molar-refractivity contribution in [1.29, 1.82) is 5.26 Å². The summed E-state index contributed by atoms with van der Waals surface area (Å²) in [5.74, 6) is 2.44. The van der Waals surface area contributed by atoms with Gasteiger partial charge in [-0.25, -0.2) is 4.98 Å². The molecule has 8 heteroatoms. The molecule has 0 spiro atoms. The summed E-state index contributed by atoms with van der Waals surface area (Å²) in [6, 6.07) is 15.3. The highest BCUT2D eigenvalue weighted by atomic mass is 16.5. The van der Waals surface area contributed by atoms with Crippen LogP contribution in [0.15, 0.2) is 42.5 Å². The Kier molecular flexibility index (Phi) is 7.58. The summed E-state index contributed by atoms with van der Waals surface area (Å²) >= 11 is 0. The molecule has 182 valence electrons. The van der Waals surface area contributed by atoms with E-state index >= 15 is 0 Å². The van der Waals surface area contributed by atoms with Crippen LogP contribution in [0, 0.1) is 11.3 Å². The third-order valence-corrected chi connectivity index (χ3v) is 6.16. The van der Waals surface area contributed by atoms with Crippen LogP contribution < -0.4 is 24.7 Å². The van der Waals surface area contributed by atoms with E-state index in [1.54, 1.807) is 33.5 Å². The topological polar surface area (TPSA) is 103 Å². The van der Waals surface area contributed by atoms with Crippen LogP contribution in [0.1, 0.15) is 18.4 Å². The molecule has 1 fully saturated rings. The maximum Gasteiger partial charge on any atom is 0.203 e. The summed E-state index contributed by atoms with van der Waals surface area (Å²) in [7, 11) is 4.67. The van der Waals surface area contributed by atoms with E-state index in [1.165, 1.54) is 12.8 Å². The minimum absolute atomic E-state index is 0.152. The highest BCUT2D eigenvalue weighted by Crippen LogP contribution is 2.42. The Morgan fingerprint density at radius 1 is 0.943 bits per heavy atom. The largest absolute Gasteiger partial charge is 0.493 e. The average Bonchev–Trinajstić information content (AvgIpc) is 3.41. The number of benzene rings is 2. The van der Waals surface area contributed by atoms with Gasteiger partial charge in [-0.1, -0.05) is 12.1 Å². The number of nitrogens with zero attached hydrogens (tertiary/aromatic N) is 3. The third kappa shape index (κ3) is 5.26. The molecule has 0 unspecified atom stereocenters. The van der Waals surface area contributed by atoms with Crippen molar-refractivity contribution < 1.29 is 18.9 Å². The summed E-state index contributed by atoms with van der Waals surface area (Å²) in [6.07, 6.45) is 2.53. The Morgan fingerprint density at radius 3 is 2.17 bits per heavy atom. The van der Waals surface area contributed by atoms with Crippen LogP contribution in [0.25, 0.3) is 22.4 Å². The van der Waals surface area contributed by atoms with Gasteiger partial charge in [-0.05, 0) is 61.8 Å². The first-order valence-electron chi connectivity index (χ1n) is 11.5. The number of hydrogen-bond donors (Lipinski definition) is 1. The van der Waals surface area contributed by atoms with Crippen molar-refractivity contribution in [3.8, 4) is 51.5 Å². The maximum atomic E-state index is 9.77. The van der Waals surface area contributed by atoms with E-state index in [4.69, 9.17) is 24.7 Å². The van der Waals surface area contributed by atoms with Crippen molar-refractivity contribution in [2.24, 2.45) is 0 Å². The van der Waals surface area contributed by atoms with Crippen LogP contribution in [-0.2, 0) is 0 Å². The minimum Gasteiger partial charge on any atom is -0.493 e. The van der Waals surface area contributed by atoms with Crippen LogP contribution in [0.4, 0.5) is 5.82 Å². The summed E-state index contributed by atoms with van der Waals surface area (Å²) in [4.78, 5) is 6.89. The van der Waals surface area contributed by atoms with Crippen molar-refractivity contribution in [3.63, 3.8) is 0 Å². The van der Waals surface area contributed by atoms with Gasteiger partial charge in [0.1, 0.15) is 29.8 Å². The molecule has 0 aliphatic carbocycles. The van der Waals surface area contributed by atoms with Crippen molar-refractivity contribution >= 4 is 5.82 Å². The second-order valence-electron chi connectivity index (χ2n) is 8.26. The number of aromatic nitrogens is 1. The van der Waals surface area contributed by atoms with Gasteiger partial charge in [-0.15, -0.1) is 0 Å². The molecule has 0 amide bonds. The molecule has 4 rings (SSSR count). The molecule has 0 radical (unpaired) electrons. The van der Waals surface area contributed by atoms with Crippen LogP contribution in [0.2, 0.25) is 0 Å². The summed E-state index contributed by atoms with van der Waals surface area (Å²) in [5, 5.41) is 9.77. The van der Waals surface area contributed by atoms with Crippen molar-refractivity contribution in [2.75, 3.05) is 53.3 Å². The van der Waals surface area contributed by atoms with E-state index in [0.29, 0.717) is 40.7 Å². The van der Waals surface area contributed by atoms with Crippen molar-refractivity contribution in [3.05, 3.63) is 48.0 Å². The third-order valence-electron chi connectivity index (χ3n) is 6.16.